The van der Waals surface area contributed by atoms with E-state index in [1.165, 1.54) is 6.08 Å². The van der Waals surface area contributed by atoms with Gasteiger partial charge in [0.2, 0.25) is 17.8 Å². The summed E-state index contributed by atoms with van der Waals surface area (Å²) >= 11 is 0. The highest BCUT2D eigenvalue weighted by Crippen LogP contribution is 2.47. The van der Waals surface area contributed by atoms with Gasteiger partial charge in [0, 0.05) is 53.1 Å². The highest BCUT2D eigenvalue weighted by molar-refractivity contribution is 5.97. The number of carbonyl (C=O) groups is 6. The minimum Gasteiger partial charge on any atom is -0.462 e. The van der Waals surface area contributed by atoms with Crippen molar-refractivity contribution in [2.75, 3.05) is 13.2 Å². The minimum atomic E-state index is -1.45. The quantitative estimate of drug-likeness (QED) is 0.0646. The predicted octanol–water partition coefficient (Wildman–Crippen LogP) is 6.26. The molecule has 0 saturated carbocycles. The summed E-state index contributed by atoms with van der Waals surface area (Å²) < 4.78 is 35.8. The molecule has 15 nitrogen and oxygen atoms in total. The van der Waals surface area contributed by atoms with Crippen molar-refractivity contribution in [1.29, 1.82) is 0 Å². The maximum absolute atomic E-state index is 14.2. The van der Waals surface area contributed by atoms with Crippen molar-refractivity contribution in [1.82, 2.24) is 10.6 Å². The predicted molar refractivity (Wildman–Crippen MR) is 247 cm³/mol. The Morgan fingerprint density at radius 1 is 0.853 bits per heavy atom. The number of esters is 4. The summed E-state index contributed by atoms with van der Waals surface area (Å²) in [6, 6.07) is 31.1. The van der Waals surface area contributed by atoms with Crippen molar-refractivity contribution < 1.29 is 62.3 Å². The van der Waals surface area contributed by atoms with Crippen LogP contribution in [0, 0.1) is 5.41 Å². The number of carbonyl (C=O) groups excluding carboxylic acids is 6. The van der Waals surface area contributed by atoms with Crippen LogP contribution in [0.3, 0.4) is 0 Å². The summed E-state index contributed by atoms with van der Waals surface area (Å²) in [5, 5.41) is 15.6. The summed E-state index contributed by atoms with van der Waals surface area (Å²) in [6.45, 7) is 8.54. The molecule has 0 radical (unpaired) electrons. The fourth-order valence-electron chi connectivity index (χ4n) is 8.15. The van der Waals surface area contributed by atoms with Crippen LogP contribution in [0.4, 0.5) is 0 Å². The van der Waals surface area contributed by atoms with E-state index in [1.54, 1.807) is 89.2 Å². The minimum absolute atomic E-state index is 0.00636. The van der Waals surface area contributed by atoms with Gasteiger partial charge in [-0.15, -0.1) is 0 Å². The van der Waals surface area contributed by atoms with E-state index in [9.17, 15) is 33.9 Å². The monoisotopic (exact) mass is 928 g/mol. The Kier molecular flexibility index (Phi) is 15.1. The lowest BCUT2D eigenvalue weighted by atomic mass is 9.90. The molecule has 4 aromatic rings. The van der Waals surface area contributed by atoms with E-state index in [0.717, 1.165) is 6.08 Å². The van der Waals surface area contributed by atoms with Crippen LogP contribution in [0.25, 0.3) is 6.08 Å². The lowest BCUT2D eigenvalue weighted by molar-refractivity contribution is -0.159. The van der Waals surface area contributed by atoms with Crippen LogP contribution >= 0.6 is 0 Å². The SMILES string of the molecule is CC(C)(C)OC(=O)CCC(CO)NC(=O)c1cccc(CNC(=O)C2=CC3OC(c4ccccc4)(c4ccccc4)OC3C(OC(=O)c3ccccc3C=CC(=O)OC3C(=O)OCC3(C)C)C2)c1. The van der Waals surface area contributed by atoms with E-state index in [0.29, 0.717) is 22.3 Å². The maximum atomic E-state index is 14.2. The topological polar surface area (TPSA) is 202 Å². The van der Waals surface area contributed by atoms with Crippen LogP contribution in [0.5, 0.6) is 0 Å². The number of ether oxygens (including phenoxy) is 6. The first-order valence-corrected chi connectivity index (χ1v) is 22.5. The first kappa shape index (κ1) is 49.0. The number of aliphatic hydroxyl groups excluding tert-OH is 1. The Bertz CT molecular complexity index is 2530. The average molecular weight is 929 g/mol. The number of rotatable bonds is 16. The summed E-state index contributed by atoms with van der Waals surface area (Å²) in [7, 11) is 0. The zero-order chi connectivity index (χ0) is 48.6. The molecule has 7 rings (SSSR count). The van der Waals surface area contributed by atoms with Crippen LogP contribution in [0.1, 0.15) is 96.9 Å². The number of fused-ring (bicyclic) bond motifs is 1. The summed E-state index contributed by atoms with van der Waals surface area (Å²) in [5.74, 6) is -5.02. The van der Waals surface area contributed by atoms with Gasteiger partial charge in [0.25, 0.3) is 5.91 Å². The molecule has 356 valence electrons. The summed E-state index contributed by atoms with van der Waals surface area (Å²) in [4.78, 5) is 79.0. The largest absolute Gasteiger partial charge is 0.462 e. The lowest BCUT2D eigenvalue weighted by Crippen LogP contribution is -2.43. The molecule has 3 N–H and O–H groups in total. The third-order valence-corrected chi connectivity index (χ3v) is 11.6. The van der Waals surface area contributed by atoms with Gasteiger partial charge in [-0.2, -0.15) is 0 Å². The van der Waals surface area contributed by atoms with Gasteiger partial charge in [-0.05, 0) is 68.7 Å². The van der Waals surface area contributed by atoms with Crippen LogP contribution in [-0.2, 0) is 59.9 Å². The number of amides is 2. The van der Waals surface area contributed by atoms with Gasteiger partial charge in [-0.25, -0.2) is 14.4 Å². The fraction of sp³-hybridized carbons (Fsp3) is 0.358. The Hall–Kier alpha value is -6.94. The molecule has 1 aliphatic carbocycles. The molecule has 5 atom stereocenters. The van der Waals surface area contributed by atoms with Gasteiger partial charge in [0.1, 0.15) is 30.5 Å². The van der Waals surface area contributed by atoms with Gasteiger partial charge < -0.3 is 44.2 Å². The van der Waals surface area contributed by atoms with Gasteiger partial charge in [0.15, 0.2) is 0 Å². The van der Waals surface area contributed by atoms with E-state index in [-0.39, 0.29) is 55.7 Å². The van der Waals surface area contributed by atoms with E-state index < -0.39 is 83.0 Å². The number of benzene rings is 4. The molecule has 2 fully saturated rings. The highest BCUT2D eigenvalue weighted by Gasteiger charge is 2.55. The van der Waals surface area contributed by atoms with Crippen molar-refractivity contribution in [3.8, 4) is 0 Å². The van der Waals surface area contributed by atoms with Gasteiger partial charge in [0.05, 0.1) is 18.2 Å². The summed E-state index contributed by atoms with van der Waals surface area (Å²) in [6.07, 6.45) is 0.428. The standard InChI is InChI=1S/C53H56N2O13/c1-51(2,3)67-44(58)26-24-39(31-56)55-48(60)35-17-14-15-33(27-35)30-54-47(59)36-28-41(45-42(29-36)66-53(68-45,37-18-8-6-9-19-37)38-20-10-7-11-21-38)64-49(61)40-22-13-12-16-34(40)23-25-43(57)65-46-50(62)63-32-52(46,4)5/h6-23,25,27,29,39,41-42,45-46,56H,24,26,28,30-32H2,1-5H3,(H,54,59)(H,55,60). The van der Waals surface area contributed by atoms with Crippen molar-refractivity contribution >= 4 is 41.8 Å². The zero-order valence-corrected chi connectivity index (χ0v) is 38.6. The molecule has 5 unspecified atom stereocenters. The highest BCUT2D eigenvalue weighted by atomic mass is 16.8. The Balaban J connectivity index is 1.09. The molecule has 0 bridgehead atoms. The summed E-state index contributed by atoms with van der Waals surface area (Å²) in [5.41, 5.74) is 1.58. The molecular weight excluding hydrogens is 873 g/mol. The maximum Gasteiger partial charge on any atom is 0.348 e. The second kappa shape index (κ2) is 20.9. The molecule has 2 saturated heterocycles. The number of aliphatic hydroxyl groups is 1. The zero-order valence-electron chi connectivity index (χ0n) is 38.6. The molecule has 4 aromatic carbocycles. The van der Waals surface area contributed by atoms with Crippen molar-refractivity contribution in [2.24, 2.45) is 5.41 Å². The van der Waals surface area contributed by atoms with E-state index >= 15 is 0 Å². The van der Waals surface area contributed by atoms with E-state index in [1.807, 2.05) is 60.7 Å². The number of hydrogen-bond donors (Lipinski definition) is 3. The third kappa shape index (κ3) is 11.8. The van der Waals surface area contributed by atoms with Crippen LogP contribution in [0.2, 0.25) is 0 Å². The Morgan fingerprint density at radius 2 is 1.53 bits per heavy atom. The number of hydrogen-bond acceptors (Lipinski definition) is 13. The van der Waals surface area contributed by atoms with E-state index in [4.69, 9.17) is 28.4 Å². The number of cyclic esters (lactones) is 1. The van der Waals surface area contributed by atoms with Gasteiger partial charge >= 0.3 is 23.9 Å². The molecule has 2 heterocycles. The molecule has 15 heteroatoms. The van der Waals surface area contributed by atoms with Crippen molar-refractivity contribution in [3.63, 3.8) is 0 Å². The Labute approximate surface area is 394 Å². The van der Waals surface area contributed by atoms with Crippen molar-refractivity contribution in [2.45, 2.75) is 102 Å². The van der Waals surface area contributed by atoms with Crippen LogP contribution < -0.4 is 10.6 Å². The molecule has 2 amide bonds. The number of nitrogens with one attached hydrogen (secondary N) is 2. The molecule has 3 aliphatic rings. The average Bonchev–Trinajstić information content (AvgIpc) is 3.85. The molecule has 68 heavy (non-hydrogen) atoms. The Morgan fingerprint density at radius 3 is 2.18 bits per heavy atom. The molecule has 0 spiro atoms. The van der Waals surface area contributed by atoms with Gasteiger partial charge in [-0.3, -0.25) is 14.4 Å². The molecule has 0 aromatic heterocycles. The second-order valence-electron chi connectivity index (χ2n) is 18.5. The molecular formula is C53H56N2O13. The molecule has 2 aliphatic heterocycles. The van der Waals surface area contributed by atoms with E-state index in [2.05, 4.69) is 10.6 Å². The van der Waals surface area contributed by atoms with Crippen LogP contribution in [-0.4, -0.2) is 90.1 Å². The van der Waals surface area contributed by atoms with Gasteiger partial charge in [-0.1, -0.05) is 105 Å². The smallest absolute Gasteiger partial charge is 0.348 e. The van der Waals surface area contributed by atoms with Crippen LogP contribution in [0.15, 0.2) is 127 Å². The fourth-order valence-corrected chi connectivity index (χ4v) is 8.15. The lowest BCUT2D eigenvalue weighted by Gasteiger charge is -2.31. The second-order valence-corrected chi connectivity index (χ2v) is 18.5. The first-order valence-electron chi connectivity index (χ1n) is 22.5. The normalized spacial score (nSPS) is 20.9. The van der Waals surface area contributed by atoms with Crippen molar-refractivity contribution in [3.05, 3.63) is 160 Å². The third-order valence-electron chi connectivity index (χ3n) is 11.6. The first-order chi connectivity index (χ1) is 32.4.